The maximum atomic E-state index is 12.3. The summed E-state index contributed by atoms with van der Waals surface area (Å²) in [5.41, 5.74) is 1.40. The maximum Gasteiger partial charge on any atom is 0.251 e. The smallest absolute Gasteiger partial charge is 0.251 e. The molecule has 0 aliphatic heterocycles. The lowest BCUT2D eigenvalue weighted by Crippen LogP contribution is -2.29. The van der Waals surface area contributed by atoms with Gasteiger partial charge in [-0.3, -0.25) is 4.79 Å². The lowest BCUT2D eigenvalue weighted by molar-refractivity contribution is 0.0940. The van der Waals surface area contributed by atoms with Crippen molar-refractivity contribution in [2.24, 2.45) is 0 Å². The highest BCUT2D eigenvalue weighted by molar-refractivity contribution is 6.18. The molecule has 1 unspecified atom stereocenters. The Bertz CT molecular complexity index is 631. The number of methoxy groups -OCH3 is 2. The average molecular weight is 320 g/mol. The molecule has 0 fully saturated rings. The molecular formula is C17H18ClNO3. The Morgan fingerprint density at radius 3 is 2.45 bits per heavy atom. The minimum Gasteiger partial charge on any atom is -0.497 e. The largest absolute Gasteiger partial charge is 0.497 e. The van der Waals surface area contributed by atoms with Crippen molar-refractivity contribution in [1.82, 2.24) is 5.32 Å². The standard InChI is InChI=1S/C17H18ClNO3/c1-21-13-8-9-14(16(10-13)22-2)15(11-18)19-17(20)12-6-4-3-5-7-12/h3-10,15H,11H2,1-2H3,(H,19,20). The Balaban J connectivity index is 2.23. The number of nitrogens with one attached hydrogen (secondary N) is 1. The van der Waals surface area contributed by atoms with Crippen molar-refractivity contribution in [1.29, 1.82) is 0 Å². The van der Waals surface area contributed by atoms with Crippen LogP contribution < -0.4 is 14.8 Å². The number of benzene rings is 2. The molecule has 116 valence electrons. The predicted molar refractivity (Wildman–Crippen MR) is 86.9 cm³/mol. The molecule has 0 radical (unpaired) electrons. The second-order valence-corrected chi connectivity index (χ2v) is 4.96. The van der Waals surface area contributed by atoms with Gasteiger partial charge in [-0.25, -0.2) is 0 Å². The zero-order valence-corrected chi connectivity index (χ0v) is 13.3. The van der Waals surface area contributed by atoms with Crippen LogP contribution in [0, 0.1) is 0 Å². The highest BCUT2D eigenvalue weighted by Crippen LogP contribution is 2.30. The van der Waals surface area contributed by atoms with E-state index in [0.717, 1.165) is 5.56 Å². The lowest BCUT2D eigenvalue weighted by Gasteiger charge is -2.19. The van der Waals surface area contributed by atoms with Gasteiger partial charge in [0, 0.05) is 23.1 Å². The van der Waals surface area contributed by atoms with E-state index in [1.165, 1.54) is 0 Å². The molecule has 0 saturated heterocycles. The molecule has 0 heterocycles. The van der Waals surface area contributed by atoms with Gasteiger partial charge in [-0.05, 0) is 24.3 Å². The van der Waals surface area contributed by atoms with Crippen LogP contribution in [0.3, 0.4) is 0 Å². The molecule has 1 amide bonds. The Labute approximate surface area is 135 Å². The van der Waals surface area contributed by atoms with Crippen molar-refractivity contribution in [3.63, 3.8) is 0 Å². The highest BCUT2D eigenvalue weighted by Gasteiger charge is 2.19. The first-order valence-corrected chi connectivity index (χ1v) is 7.36. The molecule has 0 saturated carbocycles. The summed E-state index contributed by atoms with van der Waals surface area (Å²) >= 11 is 6.03. The van der Waals surface area contributed by atoms with Crippen LogP contribution in [0.15, 0.2) is 48.5 Å². The van der Waals surface area contributed by atoms with Crippen LogP contribution >= 0.6 is 11.6 Å². The van der Waals surface area contributed by atoms with Crippen molar-refractivity contribution >= 4 is 17.5 Å². The fourth-order valence-corrected chi connectivity index (χ4v) is 2.38. The minimum atomic E-state index is -0.352. The zero-order chi connectivity index (χ0) is 15.9. The normalized spacial score (nSPS) is 11.6. The van der Waals surface area contributed by atoms with E-state index >= 15 is 0 Å². The topological polar surface area (TPSA) is 47.6 Å². The van der Waals surface area contributed by atoms with E-state index in [1.54, 1.807) is 32.4 Å². The molecule has 0 aliphatic rings. The summed E-state index contributed by atoms with van der Waals surface area (Å²) < 4.78 is 10.5. The van der Waals surface area contributed by atoms with Crippen LogP contribution in [0.5, 0.6) is 11.5 Å². The van der Waals surface area contributed by atoms with Crippen LogP contribution in [0.2, 0.25) is 0 Å². The molecule has 1 atom stereocenters. The van der Waals surface area contributed by atoms with Gasteiger partial charge in [0.2, 0.25) is 0 Å². The summed E-state index contributed by atoms with van der Waals surface area (Å²) in [6, 6.07) is 14.1. The van der Waals surface area contributed by atoms with Crippen molar-refractivity contribution in [2.45, 2.75) is 6.04 Å². The molecule has 0 spiro atoms. The van der Waals surface area contributed by atoms with Gasteiger partial charge in [0.05, 0.1) is 20.3 Å². The van der Waals surface area contributed by atoms with Crippen LogP contribution in [-0.4, -0.2) is 26.0 Å². The van der Waals surface area contributed by atoms with E-state index in [1.807, 2.05) is 30.3 Å². The first-order chi connectivity index (χ1) is 10.7. The second-order valence-electron chi connectivity index (χ2n) is 4.65. The summed E-state index contributed by atoms with van der Waals surface area (Å²) in [6.45, 7) is 0. The monoisotopic (exact) mass is 319 g/mol. The highest BCUT2D eigenvalue weighted by atomic mass is 35.5. The number of carbonyl (C=O) groups is 1. The van der Waals surface area contributed by atoms with Gasteiger partial charge in [-0.15, -0.1) is 11.6 Å². The fourth-order valence-electron chi connectivity index (χ4n) is 2.14. The molecule has 5 heteroatoms. The van der Waals surface area contributed by atoms with Gasteiger partial charge in [-0.1, -0.05) is 18.2 Å². The van der Waals surface area contributed by atoms with Crippen molar-refractivity contribution in [3.8, 4) is 11.5 Å². The Hall–Kier alpha value is -2.20. The first kappa shape index (κ1) is 16.2. The summed E-state index contributed by atoms with van der Waals surface area (Å²) in [5.74, 6) is 1.37. The number of carbonyl (C=O) groups excluding carboxylic acids is 1. The van der Waals surface area contributed by atoms with Crippen LogP contribution in [0.1, 0.15) is 22.0 Å². The molecule has 22 heavy (non-hydrogen) atoms. The van der Waals surface area contributed by atoms with E-state index in [-0.39, 0.29) is 17.8 Å². The van der Waals surface area contributed by atoms with Gasteiger partial charge in [0.25, 0.3) is 5.91 Å². The number of halogens is 1. The van der Waals surface area contributed by atoms with Gasteiger partial charge in [0.1, 0.15) is 11.5 Å². The molecule has 0 bridgehead atoms. The third-order valence-electron chi connectivity index (χ3n) is 3.31. The maximum absolute atomic E-state index is 12.3. The summed E-state index contributed by atoms with van der Waals surface area (Å²) in [5, 5.41) is 2.92. The van der Waals surface area contributed by atoms with Crippen LogP contribution in [0.25, 0.3) is 0 Å². The summed E-state index contributed by atoms with van der Waals surface area (Å²) in [7, 11) is 3.16. The Kier molecular flexibility index (Phi) is 5.67. The van der Waals surface area contributed by atoms with Gasteiger partial charge in [0.15, 0.2) is 0 Å². The van der Waals surface area contributed by atoms with Crippen LogP contribution in [0.4, 0.5) is 0 Å². The van der Waals surface area contributed by atoms with E-state index in [4.69, 9.17) is 21.1 Å². The van der Waals surface area contributed by atoms with E-state index < -0.39 is 0 Å². The SMILES string of the molecule is COc1ccc(C(CCl)NC(=O)c2ccccc2)c(OC)c1. The van der Waals surface area contributed by atoms with Gasteiger partial charge in [-0.2, -0.15) is 0 Å². The quantitative estimate of drug-likeness (QED) is 0.830. The van der Waals surface area contributed by atoms with Crippen molar-refractivity contribution in [3.05, 3.63) is 59.7 Å². The number of hydrogen-bond donors (Lipinski definition) is 1. The fraction of sp³-hybridized carbons (Fsp3) is 0.235. The number of amides is 1. The molecule has 2 rings (SSSR count). The predicted octanol–water partition coefficient (Wildman–Crippen LogP) is 3.41. The van der Waals surface area contributed by atoms with E-state index in [2.05, 4.69) is 5.32 Å². The number of alkyl halides is 1. The first-order valence-electron chi connectivity index (χ1n) is 6.83. The molecule has 0 aliphatic carbocycles. The zero-order valence-electron chi connectivity index (χ0n) is 12.5. The molecule has 1 N–H and O–H groups in total. The number of ether oxygens (including phenoxy) is 2. The van der Waals surface area contributed by atoms with E-state index in [0.29, 0.717) is 17.1 Å². The summed E-state index contributed by atoms with van der Waals surface area (Å²) in [4.78, 5) is 12.3. The second kappa shape index (κ2) is 7.71. The third-order valence-corrected chi connectivity index (χ3v) is 3.62. The molecular weight excluding hydrogens is 302 g/mol. The third kappa shape index (κ3) is 3.71. The lowest BCUT2D eigenvalue weighted by atomic mass is 10.1. The van der Waals surface area contributed by atoms with Crippen LogP contribution in [-0.2, 0) is 0 Å². The Morgan fingerprint density at radius 2 is 1.86 bits per heavy atom. The Morgan fingerprint density at radius 1 is 1.14 bits per heavy atom. The number of rotatable bonds is 6. The van der Waals surface area contributed by atoms with E-state index in [9.17, 15) is 4.79 Å². The summed E-state index contributed by atoms with van der Waals surface area (Å²) in [6.07, 6.45) is 0. The van der Waals surface area contributed by atoms with Crippen molar-refractivity contribution < 1.29 is 14.3 Å². The number of hydrogen-bond acceptors (Lipinski definition) is 3. The van der Waals surface area contributed by atoms with Gasteiger partial charge >= 0.3 is 0 Å². The van der Waals surface area contributed by atoms with Gasteiger partial charge < -0.3 is 14.8 Å². The minimum absolute atomic E-state index is 0.177. The average Bonchev–Trinajstić information content (AvgIpc) is 2.59. The van der Waals surface area contributed by atoms with Crippen molar-refractivity contribution in [2.75, 3.05) is 20.1 Å². The molecule has 2 aromatic rings. The molecule has 2 aromatic carbocycles. The molecule has 4 nitrogen and oxygen atoms in total. The molecule has 0 aromatic heterocycles.